The molecule has 0 amide bonds. The Morgan fingerprint density at radius 2 is 1.96 bits per heavy atom. The Hall–Kier alpha value is -1.58. The number of nitrogens with one attached hydrogen (secondary N) is 2. The summed E-state index contributed by atoms with van der Waals surface area (Å²) in [6, 6.07) is 8.55. The SMILES string of the molecule is CC(C)(C)CCc1ccc(CNc2c(Cl)ccc3c2CCCNCC3)cn1. The van der Waals surface area contributed by atoms with Crippen LogP contribution in [0.15, 0.2) is 30.5 Å². The molecular formula is C23H32ClN3. The molecule has 0 radical (unpaired) electrons. The summed E-state index contributed by atoms with van der Waals surface area (Å²) in [6.45, 7) is 9.68. The number of hydrogen-bond donors (Lipinski definition) is 2. The minimum absolute atomic E-state index is 0.345. The van der Waals surface area contributed by atoms with E-state index in [1.165, 1.54) is 22.4 Å². The highest BCUT2D eigenvalue weighted by molar-refractivity contribution is 6.33. The van der Waals surface area contributed by atoms with E-state index in [9.17, 15) is 0 Å². The third-order valence-electron chi connectivity index (χ3n) is 5.20. The Morgan fingerprint density at radius 1 is 1.11 bits per heavy atom. The zero-order chi connectivity index (χ0) is 19.3. The van der Waals surface area contributed by atoms with Crippen molar-refractivity contribution in [2.24, 2.45) is 5.41 Å². The van der Waals surface area contributed by atoms with E-state index in [0.29, 0.717) is 5.41 Å². The summed E-state index contributed by atoms with van der Waals surface area (Å²) in [6.07, 6.45) is 7.45. The molecule has 1 aliphatic rings. The Bertz CT molecular complexity index is 747. The van der Waals surface area contributed by atoms with Gasteiger partial charge in [-0.3, -0.25) is 4.98 Å². The summed E-state index contributed by atoms with van der Waals surface area (Å²) in [4.78, 5) is 4.65. The summed E-state index contributed by atoms with van der Waals surface area (Å²) in [5.41, 5.74) is 6.61. The van der Waals surface area contributed by atoms with Gasteiger partial charge >= 0.3 is 0 Å². The number of aromatic nitrogens is 1. The van der Waals surface area contributed by atoms with Gasteiger partial charge in [-0.25, -0.2) is 0 Å². The lowest BCUT2D eigenvalue weighted by Gasteiger charge is -2.20. The van der Waals surface area contributed by atoms with E-state index in [2.05, 4.69) is 54.6 Å². The Labute approximate surface area is 168 Å². The molecule has 0 fully saturated rings. The summed E-state index contributed by atoms with van der Waals surface area (Å²) < 4.78 is 0. The average molecular weight is 386 g/mol. The van der Waals surface area contributed by atoms with Crippen LogP contribution in [0.1, 0.15) is 56.0 Å². The molecule has 0 bridgehead atoms. The first kappa shape index (κ1) is 20.2. The molecule has 0 spiro atoms. The number of nitrogens with zero attached hydrogens (tertiary/aromatic N) is 1. The topological polar surface area (TPSA) is 37.0 Å². The average Bonchev–Trinajstić information content (AvgIpc) is 2.60. The molecule has 1 aromatic carbocycles. The minimum atomic E-state index is 0.345. The first-order valence-electron chi connectivity index (χ1n) is 10.1. The summed E-state index contributed by atoms with van der Waals surface area (Å²) in [5, 5.41) is 7.89. The van der Waals surface area contributed by atoms with E-state index < -0.39 is 0 Å². The number of halogens is 1. The van der Waals surface area contributed by atoms with E-state index in [1.54, 1.807) is 0 Å². The second kappa shape index (κ2) is 9.07. The van der Waals surface area contributed by atoms with Gasteiger partial charge < -0.3 is 10.6 Å². The van der Waals surface area contributed by atoms with Gasteiger partial charge in [0.25, 0.3) is 0 Å². The molecule has 0 unspecified atom stereocenters. The monoisotopic (exact) mass is 385 g/mol. The van der Waals surface area contributed by atoms with Crippen LogP contribution in [-0.4, -0.2) is 18.1 Å². The van der Waals surface area contributed by atoms with Crippen LogP contribution in [0.25, 0.3) is 0 Å². The van der Waals surface area contributed by atoms with E-state index >= 15 is 0 Å². The molecular weight excluding hydrogens is 354 g/mol. The number of anilines is 1. The largest absolute Gasteiger partial charge is 0.379 e. The molecule has 3 nitrogen and oxygen atoms in total. The van der Waals surface area contributed by atoms with Gasteiger partial charge in [0.05, 0.1) is 10.7 Å². The molecule has 27 heavy (non-hydrogen) atoms. The summed E-state index contributed by atoms with van der Waals surface area (Å²) >= 11 is 6.54. The van der Waals surface area contributed by atoms with Crippen molar-refractivity contribution in [1.82, 2.24) is 10.3 Å². The molecule has 0 aliphatic carbocycles. The van der Waals surface area contributed by atoms with Crippen molar-refractivity contribution in [3.63, 3.8) is 0 Å². The van der Waals surface area contributed by atoms with Crippen LogP contribution in [0.4, 0.5) is 5.69 Å². The van der Waals surface area contributed by atoms with Crippen LogP contribution in [0.5, 0.6) is 0 Å². The fourth-order valence-corrected chi connectivity index (χ4v) is 3.76. The molecule has 0 atom stereocenters. The number of fused-ring (bicyclic) bond motifs is 1. The lowest BCUT2D eigenvalue weighted by molar-refractivity contribution is 0.376. The Balaban J connectivity index is 1.67. The number of rotatable bonds is 5. The molecule has 0 saturated heterocycles. The molecule has 4 heteroatoms. The minimum Gasteiger partial charge on any atom is -0.379 e. The zero-order valence-electron chi connectivity index (χ0n) is 16.9. The smallest absolute Gasteiger partial charge is 0.0640 e. The van der Waals surface area contributed by atoms with Gasteiger partial charge in [0.1, 0.15) is 0 Å². The number of hydrogen-bond acceptors (Lipinski definition) is 3. The summed E-state index contributed by atoms with van der Waals surface area (Å²) in [7, 11) is 0. The predicted molar refractivity (Wildman–Crippen MR) is 116 cm³/mol. The summed E-state index contributed by atoms with van der Waals surface area (Å²) in [5.74, 6) is 0. The highest BCUT2D eigenvalue weighted by Gasteiger charge is 2.14. The van der Waals surface area contributed by atoms with Crippen LogP contribution in [0.2, 0.25) is 5.02 Å². The zero-order valence-corrected chi connectivity index (χ0v) is 17.6. The highest BCUT2D eigenvalue weighted by Crippen LogP contribution is 2.31. The normalized spacial score (nSPS) is 15.0. The highest BCUT2D eigenvalue weighted by atomic mass is 35.5. The molecule has 2 aromatic rings. The lowest BCUT2D eigenvalue weighted by atomic mass is 9.90. The third-order valence-corrected chi connectivity index (χ3v) is 5.51. The first-order chi connectivity index (χ1) is 12.9. The van der Waals surface area contributed by atoms with Crippen molar-refractivity contribution in [3.05, 3.63) is 57.9 Å². The van der Waals surface area contributed by atoms with Gasteiger partial charge in [0.15, 0.2) is 0 Å². The van der Waals surface area contributed by atoms with Crippen LogP contribution >= 0.6 is 11.6 Å². The van der Waals surface area contributed by atoms with E-state index in [0.717, 1.165) is 62.4 Å². The quantitative estimate of drug-likeness (QED) is 0.723. The predicted octanol–water partition coefficient (Wildman–Crippen LogP) is 5.40. The lowest BCUT2D eigenvalue weighted by Crippen LogP contribution is -2.22. The van der Waals surface area contributed by atoms with Crippen LogP contribution in [-0.2, 0) is 25.8 Å². The van der Waals surface area contributed by atoms with E-state index in [1.807, 2.05) is 12.3 Å². The van der Waals surface area contributed by atoms with Crippen LogP contribution < -0.4 is 10.6 Å². The van der Waals surface area contributed by atoms with Gasteiger partial charge in [-0.05, 0) is 79.4 Å². The van der Waals surface area contributed by atoms with Gasteiger partial charge in [0.2, 0.25) is 0 Å². The number of aryl methyl sites for hydroxylation is 1. The van der Waals surface area contributed by atoms with Crippen molar-refractivity contribution in [2.75, 3.05) is 18.4 Å². The standard InChI is InChI=1S/C23H32ClN3/c1-23(2,3)12-10-19-8-6-17(15-26-19)16-27-22-20-5-4-13-25-14-11-18(20)7-9-21(22)24/h6-9,15,25,27H,4-5,10-14,16H2,1-3H3. The molecule has 1 aliphatic heterocycles. The van der Waals surface area contributed by atoms with E-state index in [-0.39, 0.29) is 0 Å². The molecule has 0 saturated carbocycles. The van der Waals surface area contributed by atoms with Crippen molar-refractivity contribution in [2.45, 2.75) is 59.4 Å². The second-order valence-electron chi connectivity index (χ2n) is 8.74. The maximum Gasteiger partial charge on any atom is 0.0640 e. The number of benzene rings is 1. The molecule has 3 rings (SSSR count). The maximum atomic E-state index is 6.54. The molecule has 1 aromatic heterocycles. The van der Waals surface area contributed by atoms with Gasteiger partial charge in [-0.1, -0.05) is 44.5 Å². The van der Waals surface area contributed by atoms with Gasteiger partial charge in [0, 0.05) is 18.4 Å². The van der Waals surface area contributed by atoms with Gasteiger partial charge in [-0.15, -0.1) is 0 Å². The molecule has 2 heterocycles. The van der Waals surface area contributed by atoms with Crippen LogP contribution in [0, 0.1) is 5.41 Å². The maximum absolute atomic E-state index is 6.54. The Morgan fingerprint density at radius 3 is 2.70 bits per heavy atom. The third kappa shape index (κ3) is 5.95. The first-order valence-corrected chi connectivity index (χ1v) is 10.5. The fourth-order valence-electron chi connectivity index (χ4n) is 3.51. The second-order valence-corrected chi connectivity index (χ2v) is 9.14. The fraction of sp³-hybridized carbons (Fsp3) is 0.522. The Kier molecular flexibility index (Phi) is 6.78. The van der Waals surface area contributed by atoms with Crippen molar-refractivity contribution >= 4 is 17.3 Å². The van der Waals surface area contributed by atoms with Crippen molar-refractivity contribution in [1.29, 1.82) is 0 Å². The number of pyridine rings is 1. The molecule has 2 N–H and O–H groups in total. The molecule has 146 valence electrons. The van der Waals surface area contributed by atoms with Crippen molar-refractivity contribution < 1.29 is 0 Å². The van der Waals surface area contributed by atoms with Gasteiger partial charge in [-0.2, -0.15) is 0 Å². The van der Waals surface area contributed by atoms with E-state index in [4.69, 9.17) is 11.6 Å². The van der Waals surface area contributed by atoms with Crippen LogP contribution in [0.3, 0.4) is 0 Å². The van der Waals surface area contributed by atoms with Crippen molar-refractivity contribution in [3.8, 4) is 0 Å².